The first kappa shape index (κ1) is 21.7. The number of thioether (sulfide) groups is 1. The summed E-state index contributed by atoms with van der Waals surface area (Å²) in [7, 11) is -2.35. The van der Waals surface area contributed by atoms with Gasteiger partial charge >= 0.3 is 5.51 Å². The SMILES string of the molecule is CNS(=O)(=O)c1ccc(Oc2ccc(SC(F)(F)F)cc2)c(-c2cnn3c2CCC3)c1. The number of sulfonamides is 1. The quantitative estimate of drug-likeness (QED) is 0.525. The second-order valence-electron chi connectivity index (χ2n) is 6.82. The molecule has 2 heterocycles. The molecule has 0 bridgehead atoms. The van der Waals surface area contributed by atoms with Crippen LogP contribution in [0.15, 0.2) is 58.5 Å². The molecule has 0 unspecified atom stereocenters. The Morgan fingerprint density at radius 2 is 1.87 bits per heavy atom. The van der Waals surface area contributed by atoms with Crippen molar-refractivity contribution in [2.75, 3.05) is 7.05 Å². The molecule has 1 aliphatic rings. The van der Waals surface area contributed by atoms with Crippen molar-refractivity contribution in [2.45, 2.75) is 34.7 Å². The summed E-state index contributed by atoms with van der Waals surface area (Å²) in [5, 5.41) is 4.37. The highest BCUT2D eigenvalue weighted by Crippen LogP contribution is 2.40. The lowest BCUT2D eigenvalue weighted by molar-refractivity contribution is -0.0328. The number of benzene rings is 2. The van der Waals surface area contributed by atoms with E-state index in [1.54, 1.807) is 6.20 Å². The van der Waals surface area contributed by atoms with Gasteiger partial charge in [-0.05, 0) is 74.1 Å². The second-order valence-corrected chi connectivity index (χ2v) is 9.84. The Morgan fingerprint density at radius 1 is 1.13 bits per heavy atom. The van der Waals surface area contributed by atoms with E-state index in [1.807, 2.05) is 4.68 Å². The largest absolute Gasteiger partial charge is 0.457 e. The van der Waals surface area contributed by atoms with Gasteiger partial charge in [-0.2, -0.15) is 18.3 Å². The van der Waals surface area contributed by atoms with E-state index >= 15 is 0 Å². The minimum Gasteiger partial charge on any atom is -0.457 e. The van der Waals surface area contributed by atoms with E-state index in [1.165, 1.54) is 49.5 Å². The van der Waals surface area contributed by atoms with Crippen molar-refractivity contribution in [3.05, 3.63) is 54.4 Å². The van der Waals surface area contributed by atoms with Gasteiger partial charge in [0.1, 0.15) is 11.5 Å². The van der Waals surface area contributed by atoms with Crippen LogP contribution in [0.5, 0.6) is 11.5 Å². The fraction of sp³-hybridized carbons (Fsp3) is 0.250. The molecule has 4 rings (SSSR count). The van der Waals surface area contributed by atoms with Crippen LogP contribution in [0.2, 0.25) is 0 Å². The van der Waals surface area contributed by atoms with E-state index in [4.69, 9.17) is 4.74 Å². The van der Waals surface area contributed by atoms with E-state index in [9.17, 15) is 21.6 Å². The molecule has 0 aliphatic carbocycles. The van der Waals surface area contributed by atoms with Gasteiger partial charge in [0.2, 0.25) is 10.0 Å². The lowest BCUT2D eigenvalue weighted by atomic mass is 10.0. The van der Waals surface area contributed by atoms with Gasteiger partial charge in [-0.25, -0.2) is 13.1 Å². The summed E-state index contributed by atoms with van der Waals surface area (Å²) in [6.45, 7) is 0.790. The number of rotatable bonds is 6. The molecule has 1 aliphatic heterocycles. The molecule has 0 radical (unpaired) electrons. The van der Waals surface area contributed by atoms with Crippen molar-refractivity contribution in [2.24, 2.45) is 0 Å². The van der Waals surface area contributed by atoms with Crippen LogP contribution in [0.25, 0.3) is 11.1 Å². The average molecular weight is 470 g/mol. The minimum absolute atomic E-state index is 0.0463. The first-order chi connectivity index (χ1) is 14.7. The number of aromatic nitrogens is 2. The van der Waals surface area contributed by atoms with E-state index in [-0.39, 0.29) is 21.6 Å². The number of alkyl halides is 3. The maximum absolute atomic E-state index is 12.5. The smallest absolute Gasteiger partial charge is 0.446 e. The Bertz CT molecular complexity index is 1210. The number of hydrogen-bond acceptors (Lipinski definition) is 5. The van der Waals surface area contributed by atoms with Gasteiger partial charge in [-0.1, -0.05) is 0 Å². The van der Waals surface area contributed by atoms with Crippen molar-refractivity contribution in [3.63, 3.8) is 0 Å². The Morgan fingerprint density at radius 3 is 2.55 bits per heavy atom. The van der Waals surface area contributed by atoms with Gasteiger partial charge in [0.25, 0.3) is 0 Å². The second kappa shape index (κ2) is 8.21. The van der Waals surface area contributed by atoms with E-state index in [0.29, 0.717) is 17.1 Å². The zero-order chi connectivity index (χ0) is 22.2. The van der Waals surface area contributed by atoms with E-state index in [0.717, 1.165) is 30.6 Å². The standard InChI is InChI=1S/C20H18F3N3O3S2/c1-24-31(27,28)15-8-9-19(16(11-15)17-12-25-26-10-2-3-18(17)26)29-13-4-6-14(7-5-13)30-20(21,22)23/h4-9,11-12,24H,2-3,10H2,1H3. The molecule has 31 heavy (non-hydrogen) atoms. The number of halogens is 3. The Balaban J connectivity index is 1.72. The molecule has 0 saturated carbocycles. The Labute approximate surface area is 181 Å². The highest BCUT2D eigenvalue weighted by molar-refractivity contribution is 8.00. The summed E-state index contributed by atoms with van der Waals surface area (Å²) in [5.41, 5.74) is -2.06. The molecule has 1 N–H and O–H groups in total. The summed E-state index contributed by atoms with van der Waals surface area (Å²) >= 11 is -0.203. The lowest BCUT2D eigenvalue weighted by Crippen LogP contribution is -2.18. The average Bonchev–Trinajstić information content (AvgIpc) is 3.32. The molecule has 3 aromatic rings. The molecule has 6 nitrogen and oxygen atoms in total. The molecule has 0 saturated heterocycles. The van der Waals surface area contributed by atoms with Crippen molar-refractivity contribution in [1.82, 2.24) is 14.5 Å². The third kappa shape index (κ3) is 4.73. The molecular formula is C20H18F3N3O3S2. The van der Waals surface area contributed by atoms with Crippen LogP contribution in [0, 0.1) is 0 Å². The third-order valence-corrected chi connectivity index (χ3v) is 6.99. The zero-order valence-corrected chi connectivity index (χ0v) is 17.9. The van der Waals surface area contributed by atoms with Crippen LogP contribution in [-0.2, 0) is 23.0 Å². The van der Waals surface area contributed by atoms with Crippen molar-refractivity contribution in [3.8, 4) is 22.6 Å². The number of ether oxygens (including phenoxy) is 1. The summed E-state index contributed by atoms with van der Waals surface area (Å²) in [6.07, 6.45) is 3.43. The van der Waals surface area contributed by atoms with Gasteiger partial charge in [-0.3, -0.25) is 4.68 Å². The van der Waals surface area contributed by atoms with Crippen LogP contribution < -0.4 is 9.46 Å². The molecule has 164 valence electrons. The van der Waals surface area contributed by atoms with Gasteiger partial charge in [0.15, 0.2) is 0 Å². The predicted molar refractivity (Wildman–Crippen MR) is 111 cm³/mol. The van der Waals surface area contributed by atoms with Crippen LogP contribution in [0.4, 0.5) is 13.2 Å². The highest BCUT2D eigenvalue weighted by atomic mass is 32.2. The summed E-state index contributed by atoms with van der Waals surface area (Å²) in [6, 6.07) is 10.0. The minimum atomic E-state index is -4.37. The monoisotopic (exact) mass is 469 g/mol. The zero-order valence-electron chi connectivity index (χ0n) is 16.3. The number of hydrogen-bond donors (Lipinski definition) is 1. The summed E-state index contributed by atoms with van der Waals surface area (Å²) in [4.78, 5) is 0.122. The lowest BCUT2D eigenvalue weighted by Gasteiger charge is -2.14. The maximum Gasteiger partial charge on any atom is 0.446 e. The molecular weight excluding hydrogens is 451 g/mol. The fourth-order valence-corrected chi connectivity index (χ4v) is 4.71. The van der Waals surface area contributed by atoms with Crippen molar-refractivity contribution in [1.29, 1.82) is 0 Å². The van der Waals surface area contributed by atoms with Crippen LogP contribution in [0.3, 0.4) is 0 Å². The fourth-order valence-electron chi connectivity index (χ4n) is 3.42. The van der Waals surface area contributed by atoms with Crippen molar-refractivity contribution >= 4 is 21.8 Å². The molecule has 0 amide bonds. The maximum atomic E-state index is 12.5. The highest BCUT2D eigenvalue weighted by Gasteiger charge is 2.29. The van der Waals surface area contributed by atoms with Gasteiger partial charge < -0.3 is 4.74 Å². The molecule has 0 atom stereocenters. The normalized spacial score (nSPS) is 13.9. The first-order valence-electron chi connectivity index (χ1n) is 9.32. The summed E-state index contributed by atoms with van der Waals surface area (Å²) in [5.74, 6) is 0.717. The van der Waals surface area contributed by atoms with Crippen LogP contribution in [-0.4, -0.2) is 30.8 Å². The number of nitrogens with one attached hydrogen (secondary N) is 1. The van der Waals surface area contributed by atoms with Gasteiger partial charge in [-0.15, -0.1) is 0 Å². The van der Waals surface area contributed by atoms with Crippen LogP contribution >= 0.6 is 11.8 Å². The molecule has 11 heteroatoms. The van der Waals surface area contributed by atoms with Crippen molar-refractivity contribution < 1.29 is 26.3 Å². The Hall–Kier alpha value is -2.50. The molecule has 1 aromatic heterocycles. The first-order valence-corrected chi connectivity index (χ1v) is 11.6. The topological polar surface area (TPSA) is 73.2 Å². The number of fused-ring (bicyclic) bond motifs is 1. The summed E-state index contributed by atoms with van der Waals surface area (Å²) < 4.78 is 72.3. The van der Waals surface area contributed by atoms with Gasteiger partial charge in [0.05, 0.1) is 11.1 Å². The molecule has 0 spiro atoms. The third-order valence-electron chi connectivity index (χ3n) is 4.84. The van der Waals surface area contributed by atoms with Crippen LogP contribution in [0.1, 0.15) is 12.1 Å². The molecule has 0 fully saturated rings. The number of nitrogens with zero attached hydrogens (tertiary/aromatic N) is 2. The van der Waals surface area contributed by atoms with E-state index < -0.39 is 15.5 Å². The van der Waals surface area contributed by atoms with Gasteiger partial charge in [0, 0.05) is 28.3 Å². The number of aryl methyl sites for hydroxylation is 1. The Kier molecular flexibility index (Phi) is 5.75. The predicted octanol–water partition coefficient (Wildman–Crippen LogP) is 4.81. The molecule has 2 aromatic carbocycles. The van der Waals surface area contributed by atoms with E-state index in [2.05, 4.69) is 9.82 Å².